The molecular formula is C13H15N3O7. The Morgan fingerprint density at radius 3 is 2.43 bits per heavy atom. The molecule has 0 unspecified atom stereocenters. The minimum atomic E-state index is -0.833. The van der Waals surface area contributed by atoms with E-state index in [1.165, 1.54) is 0 Å². The zero-order valence-corrected chi connectivity index (χ0v) is 12.4. The molecule has 1 aliphatic rings. The van der Waals surface area contributed by atoms with Crippen LogP contribution in [0.3, 0.4) is 0 Å². The Bertz CT molecular complexity index is 641. The van der Waals surface area contributed by atoms with E-state index < -0.39 is 27.2 Å². The van der Waals surface area contributed by atoms with E-state index in [0.717, 1.165) is 12.1 Å². The van der Waals surface area contributed by atoms with Crippen molar-refractivity contribution in [1.29, 1.82) is 0 Å². The predicted molar refractivity (Wildman–Crippen MR) is 78.7 cm³/mol. The first-order valence-corrected chi connectivity index (χ1v) is 6.92. The topological polar surface area (TPSA) is 125 Å². The second-order valence-corrected chi connectivity index (χ2v) is 4.70. The van der Waals surface area contributed by atoms with Crippen LogP contribution in [0.2, 0.25) is 0 Å². The second-order valence-electron chi connectivity index (χ2n) is 4.70. The van der Waals surface area contributed by atoms with E-state index in [9.17, 15) is 25.0 Å². The highest BCUT2D eigenvalue weighted by Crippen LogP contribution is 2.37. The van der Waals surface area contributed by atoms with Gasteiger partial charge in [0.25, 0.3) is 11.4 Å². The number of anilines is 1. The molecule has 10 heteroatoms. The SMILES string of the molecule is CCOC(=O)c1cc([N+](=O)[O-])cc([N+](=O)[O-])c1N1CCOCC1. The Balaban J connectivity index is 2.64. The van der Waals surface area contributed by atoms with E-state index in [4.69, 9.17) is 9.47 Å². The van der Waals surface area contributed by atoms with Crippen LogP contribution in [0, 0.1) is 20.2 Å². The number of morpholine rings is 1. The maximum absolute atomic E-state index is 12.1. The molecule has 0 radical (unpaired) electrons. The molecule has 0 atom stereocenters. The van der Waals surface area contributed by atoms with Crippen molar-refractivity contribution in [2.75, 3.05) is 37.8 Å². The first-order chi connectivity index (χ1) is 11.0. The number of nitro benzene ring substituents is 2. The van der Waals surface area contributed by atoms with Crippen LogP contribution in [0.1, 0.15) is 17.3 Å². The first kappa shape index (κ1) is 16.6. The van der Waals surface area contributed by atoms with Gasteiger partial charge in [0, 0.05) is 19.2 Å². The summed E-state index contributed by atoms with van der Waals surface area (Å²) in [7, 11) is 0. The van der Waals surface area contributed by atoms with Gasteiger partial charge in [-0.1, -0.05) is 0 Å². The van der Waals surface area contributed by atoms with Crippen molar-refractivity contribution in [2.45, 2.75) is 6.92 Å². The number of nitro groups is 2. The molecule has 1 saturated heterocycles. The number of rotatable bonds is 5. The van der Waals surface area contributed by atoms with Crippen LogP contribution >= 0.6 is 0 Å². The van der Waals surface area contributed by atoms with Crippen LogP contribution in [0.25, 0.3) is 0 Å². The van der Waals surface area contributed by atoms with Crippen LogP contribution in [-0.2, 0) is 9.47 Å². The van der Waals surface area contributed by atoms with Gasteiger partial charge in [0.05, 0.1) is 41.3 Å². The normalized spacial score (nSPS) is 14.4. The van der Waals surface area contributed by atoms with Crippen LogP contribution in [0.4, 0.5) is 17.1 Å². The Kier molecular flexibility index (Phi) is 5.06. The molecule has 124 valence electrons. The Labute approximate surface area is 130 Å². The van der Waals surface area contributed by atoms with Gasteiger partial charge in [0.2, 0.25) is 0 Å². The lowest BCUT2D eigenvalue weighted by Gasteiger charge is -2.29. The van der Waals surface area contributed by atoms with Crippen LogP contribution in [0.15, 0.2) is 12.1 Å². The minimum absolute atomic E-state index is 0.0300. The lowest BCUT2D eigenvalue weighted by Crippen LogP contribution is -2.37. The molecule has 0 aliphatic carbocycles. The van der Waals surface area contributed by atoms with E-state index in [1.807, 2.05) is 0 Å². The number of carbonyl (C=O) groups is 1. The predicted octanol–water partition coefficient (Wildman–Crippen LogP) is 1.52. The molecule has 0 amide bonds. The van der Waals surface area contributed by atoms with Crippen molar-refractivity contribution < 1.29 is 24.1 Å². The van der Waals surface area contributed by atoms with Gasteiger partial charge in [0.15, 0.2) is 0 Å². The Morgan fingerprint density at radius 2 is 1.91 bits per heavy atom. The van der Waals surface area contributed by atoms with Gasteiger partial charge in [-0.05, 0) is 6.92 Å². The van der Waals surface area contributed by atoms with Gasteiger partial charge in [-0.15, -0.1) is 0 Å². The molecule has 10 nitrogen and oxygen atoms in total. The zero-order chi connectivity index (χ0) is 17.0. The summed E-state index contributed by atoms with van der Waals surface area (Å²) in [5.74, 6) is -0.833. The number of nitrogens with zero attached hydrogens (tertiary/aromatic N) is 3. The highest BCUT2D eigenvalue weighted by molar-refractivity contribution is 5.99. The second kappa shape index (κ2) is 7.01. The van der Waals surface area contributed by atoms with E-state index >= 15 is 0 Å². The van der Waals surface area contributed by atoms with Gasteiger partial charge >= 0.3 is 5.97 Å². The van der Waals surface area contributed by atoms with Crippen molar-refractivity contribution in [2.24, 2.45) is 0 Å². The highest BCUT2D eigenvalue weighted by atomic mass is 16.6. The van der Waals surface area contributed by atoms with E-state index in [-0.39, 0.29) is 17.9 Å². The summed E-state index contributed by atoms with van der Waals surface area (Å²) in [6.07, 6.45) is 0. The third-order valence-corrected chi connectivity index (χ3v) is 3.30. The molecule has 1 aliphatic heterocycles. The number of non-ortho nitro benzene ring substituents is 1. The summed E-state index contributed by atoms with van der Waals surface area (Å²) in [6, 6.07) is 1.86. The van der Waals surface area contributed by atoms with Crippen molar-refractivity contribution in [3.63, 3.8) is 0 Å². The quantitative estimate of drug-likeness (QED) is 0.453. The summed E-state index contributed by atoms with van der Waals surface area (Å²) < 4.78 is 10.1. The summed E-state index contributed by atoms with van der Waals surface area (Å²) in [5.41, 5.74) is -1.18. The zero-order valence-electron chi connectivity index (χ0n) is 12.4. The number of carbonyl (C=O) groups excluding carboxylic acids is 1. The average Bonchev–Trinajstić information content (AvgIpc) is 2.54. The van der Waals surface area contributed by atoms with Crippen LogP contribution in [0.5, 0.6) is 0 Å². The number of hydrogen-bond acceptors (Lipinski definition) is 8. The summed E-state index contributed by atoms with van der Waals surface area (Å²) in [4.78, 5) is 34.6. The minimum Gasteiger partial charge on any atom is -0.462 e. The van der Waals surface area contributed by atoms with E-state index in [1.54, 1.807) is 11.8 Å². The largest absolute Gasteiger partial charge is 0.462 e. The fourth-order valence-corrected chi connectivity index (χ4v) is 2.33. The van der Waals surface area contributed by atoms with Crippen molar-refractivity contribution in [3.05, 3.63) is 37.9 Å². The summed E-state index contributed by atoms with van der Waals surface area (Å²) >= 11 is 0. The molecule has 0 N–H and O–H groups in total. The van der Waals surface area contributed by atoms with E-state index in [2.05, 4.69) is 0 Å². The molecule has 0 saturated carbocycles. The molecule has 0 bridgehead atoms. The average molecular weight is 325 g/mol. The molecule has 0 aromatic heterocycles. The van der Waals surface area contributed by atoms with Crippen LogP contribution < -0.4 is 4.90 Å². The van der Waals surface area contributed by atoms with Crippen molar-refractivity contribution in [1.82, 2.24) is 0 Å². The fraction of sp³-hybridized carbons (Fsp3) is 0.462. The molecule has 1 aromatic rings. The standard InChI is InChI=1S/C13H15N3O7/c1-2-23-13(17)10-7-9(15(18)19)8-11(16(20)21)12(10)14-3-5-22-6-4-14/h7-8H,2-6H2,1H3. The maximum atomic E-state index is 12.1. The monoisotopic (exact) mass is 325 g/mol. The Hall–Kier alpha value is -2.75. The molecule has 23 heavy (non-hydrogen) atoms. The third-order valence-electron chi connectivity index (χ3n) is 3.30. The van der Waals surface area contributed by atoms with Crippen LogP contribution in [-0.4, -0.2) is 48.7 Å². The summed E-state index contributed by atoms with van der Waals surface area (Å²) in [5, 5.41) is 22.3. The Morgan fingerprint density at radius 1 is 1.26 bits per heavy atom. The van der Waals surface area contributed by atoms with Crippen molar-refractivity contribution >= 4 is 23.0 Å². The molecule has 1 heterocycles. The smallest absolute Gasteiger partial charge is 0.340 e. The number of ether oxygens (including phenoxy) is 2. The van der Waals surface area contributed by atoms with E-state index in [0.29, 0.717) is 26.3 Å². The van der Waals surface area contributed by atoms with Gasteiger partial charge in [-0.3, -0.25) is 20.2 Å². The first-order valence-electron chi connectivity index (χ1n) is 6.92. The van der Waals surface area contributed by atoms with Gasteiger partial charge in [-0.2, -0.15) is 0 Å². The molecule has 2 rings (SSSR count). The maximum Gasteiger partial charge on any atom is 0.340 e. The van der Waals surface area contributed by atoms with Crippen molar-refractivity contribution in [3.8, 4) is 0 Å². The number of esters is 1. The fourth-order valence-electron chi connectivity index (χ4n) is 2.33. The number of hydrogen-bond donors (Lipinski definition) is 0. The van der Waals surface area contributed by atoms with Gasteiger partial charge in [-0.25, -0.2) is 4.79 Å². The number of benzene rings is 1. The molecule has 0 spiro atoms. The van der Waals surface area contributed by atoms with Gasteiger partial charge < -0.3 is 14.4 Å². The summed E-state index contributed by atoms with van der Waals surface area (Å²) in [6.45, 7) is 3.00. The van der Waals surface area contributed by atoms with Gasteiger partial charge in [0.1, 0.15) is 5.69 Å². The highest BCUT2D eigenvalue weighted by Gasteiger charge is 2.32. The molecule has 1 fully saturated rings. The lowest BCUT2D eigenvalue weighted by molar-refractivity contribution is -0.393. The third kappa shape index (κ3) is 3.54. The molecule has 1 aromatic carbocycles. The lowest BCUT2D eigenvalue weighted by atomic mass is 10.1. The molecular weight excluding hydrogens is 310 g/mol.